The Bertz CT molecular complexity index is 1280. The van der Waals surface area contributed by atoms with Gasteiger partial charge in [-0.05, 0) is 42.0 Å². The van der Waals surface area contributed by atoms with E-state index in [0.29, 0.717) is 5.69 Å². The predicted octanol–water partition coefficient (Wildman–Crippen LogP) is 3.33. The largest absolute Gasteiger partial charge is 0.324 e. The molecule has 1 aliphatic heterocycles. The second-order valence-corrected chi connectivity index (χ2v) is 9.93. The van der Waals surface area contributed by atoms with E-state index in [2.05, 4.69) is 5.32 Å². The molecule has 7 nitrogen and oxygen atoms in total. The molecule has 1 N–H and O–H groups in total. The summed E-state index contributed by atoms with van der Waals surface area (Å²) in [5.41, 5.74) is 1.69. The summed E-state index contributed by atoms with van der Waals surface area (Å²) in [5.74, 6) is -1.61. The Morgan fingerprint density at radius 1 is 0.848 bits per heavy atom. The van der Waals surface area contributed by atoms with Crippen molar-refractivity contribution in [3.05, 3.63) is 95.6 Å². The monoisotopic (exact) mass is 462 g/mol. The van der Waals surface area contributed by atoms with Gasteiger partial charge in [0, 0.05) is 12.1 Å². The van der Waals surface area contributed by atoms with Crippen LogP contribution in [0.1, 0.15) is 33.2 Å². The Balaban J connectivity index is 1.64. The van der Waals surface area contributed by atoms with Gasteiger partial charge in [-0.2, -0.15) is 0 Å². The van der Waals surface area contributed by atoms with Gasteiger partial charge in [0.15, 0.2) is 9.84 Å². The van der Waals surface area contributed by atoms with Gasteiger partial charge >= 0.3 is 0 Å². The summed E-state index contributed by atoms with van der Waals surface area (Å²) < 4.78 is 24.1. The summed E-state index contributed by atoms with van der Waals surface area (Å²) >= 11 is 0. The van der Waals surface area contributed by atoms with Crippen LogP contribution in [0.3, 0.4) is 0 Å². The quantitative estimate of drug-likeness (QED) is 0.543. The third-order valence-electron chi connectivity index (χ3n) is 5.57. The van der Waals surface area contributed by atoms with E-state index in [1.54, 1.807) is 31.2 Å². The average molecular weight is 463 g/mol. The molecular formula is C25H22N2O5S. The molecule has 1 atom stereocenters. The number of imide groups is 1. The number of nitrogens with zero attached hydrogens (tertiary/aromatic N) is 1. The van der Waals surface area contributed by atoms with Crippen molar-refractivity contribution in [2.75, 3.05) is 11.1 Å². The van der Waals surface area contributed by atoms with Gasteiger partial charge in [0.1, 0.15) is 6.04 Å². The number of rotatable bonds is 7. The molecule has 0 aromatic heterocycles. The van der Waals surface area contributed by atoms with Crippen LogP contribution in [0.15, 0.2) is 83.8 Å². The first-order valence-corrected chi connectivity index (χ1v) is 12.1. The third kappa shape index (κ3) is 4.42. The molecule has 0 radical (unpaired) electrons. The summed E-state index contributed by atoms with van der Waals surface area (Å²) in [5, 5.41) is 2.72. The Morgan fingerprint density at radius 3 is 1.94 bits per heavy atom. The number of anilines is 1. The molecule has 0 spiro atoms. The predicted molar refractivity (Wildman–Crippen MR) is 124 cm³/mol. The molecule has 168 valence electrons. The lowest BCUT2D eigenvalue weighted by molar-refractivity contribution is -0.119. The van der Waals surface area contributed by atoms with E-state index >= 15 is 0 Å². The Labute approximate surface area is 192 Å². The number of sulfone groups is 1. The van der Waals surface area contributed by atoms with Crippen molar-refractivity contribution in [2.45, 2.75) is 24.3 Å². The number of hydrogen-bond acceptors (Lipinski definition) is 5. The Morgan fingerprint density at radius 2 is 1.39 bits per heavy atom. The number of nitrogens with one attached hydrogen (secondary N) is 1. The molecule has 1 unspecified atom stereocenters. The van der Waals surface area contributed by atoms with Crippen molar-refractivity contribution in [2.24, 2.45) is 0 Å². The van der Waals surface area contributed by atoms with Crippen molar-refractivity contribution in [3.8, 4) is 0 Å². The molecular weight excluding hydrogens is 440 g/mol. The molecule has 33 heavy (non-hydrogen) atoms. The zero-order chi connectivity index (χ0) is 23.6. The second-order valence-electron chi connectivity index (χ2n) is 7.65. The molecule has 0 fully saturated rings. The van der Waals surface area contributed by atoms with Crippen LogP contribution in [0.5, 0.6) is 0 Å². The average Bonchev–Trinajstić information content (AvgIpc) is 3.08. The van der Waals surface area contributed by atoms with Gasteiger partial charge in [-0.1, -0.05) is 49.4 Å². The number of hydrogen-bond donors (Lipinski definition) is 1. The minimum atomic E-state index is -3.37. The normalized spacial score (nSPS) is 14.2. The van der Waals surface area contributed by atoms with Crippen LogP contribution in [0.25, 0.3) is 0 Å². The van der Waals surface area contributed by atoms with Crippen LogP contribution in [-0.2, 0) is 21.1 Å². The van der Waals surface area contributed by atoms with Crippen LogP contribution in [0.2, 0.25) is 0 Å². The van der Waals surface area contributed by atoms with Gasteiger partial charge < -0.3 is 5.32 Å². The smallest absolute Gasteiger partial charge is 0.262 e. The fourth-order valence-electron chi connectivity index (χ4n) is 3.77. The maximum atomic E-state index is 13.3. The second kappa shape index (κ2) is 8.99. The third-order valence-corrected chi connectivity index (χ3v) is 7.32. The molecule has 0 saturated heterocycles. The van der Waals surface area contributed by atoms with E-state index in [1.807, 2.05) is 30.3 Å². The molecule has 1 heterocycles. The van der Waals surface area contributed by atoms with E-state index < -0.39 is 33.6 Å². The fraction of sp³-hybridized carbons (Fsp3) is 0.160. The highest BCUT2D eigenvalue weighted by Crippen LogP contribution is 2.27. The minimum Gasteiger partial charge on any atom is -0.324 e. The topological polar surface area (TPSA) is 101 Å². The van der Waals surface area contributed by atoms with Gasteiger partial charge in [0.25, 0.3) is 11.8 Å². The molecule has 4 rings (SSSR count). The standard InChI is InChI=1S/C25H22N2O5S/c1-2-33(31,32)19-14-12-18(13-15-19)26-23(28)22(16-17-8-4-3-5-9-17)27-24(29)20-10-6-7-11-21(20)25(27)30/h3-15,22H,2,16H2,1H3,(H,26,28). The van der Waals surface area contributed by atoms with Gasteiger partial charge in [-0.25, -0.2) is 8.42 Å². The van der Waals surface area contributed by atoms with Crippen LogP contribution >= 0.6 is 0 Å². The van der Waals surface area contributed by atoms with E-state index in [0.717, 1.165) is 10.5 Å². The van der Waals surface area contributed by atoms with Crippen LogP contribution in [0, 0.1) is 0 Å². The summed E-state index contributed by atoms with van der Waals surface area (Å²) in [6.07, 6.45) is 0.139. The first kappa shape index (κ1) is 22.4. The van der Waals surface area contributed by atoms with Crippen molar-refractivity contribution in [3.63, 3.8) is 0 Å². The number of carbonyl (C=O) groups is 3. The molecule has 1 aliphatic rings. The van der Waals surface area contributed by atoms with Gasteiger partial charge in [-0.3, -0.25) is 19.3 Å². The molecule has 0 saturated carbocycles. The van der Waals surface area contributed by atoms with E-state index in [1.165, 1.54) is 24.3 Å². The molecule has 0 aliphatic carbocycles. The zero-order valence-corrected chi connectivity index (χ0v) is 18.7. The first-order valence-electron chi connectivity index (χ1n) is 10.5. The summed E-state index contributed by atoms with van der Waals surface area (Å²) in [6.45, 7) is 1.56. The highest BCUT2D eigenvalue weighted by atomic mass is 32.2. The maximum absolute atomic E-state index is 13.3. The molecule has 8 heteroatoms. The Kier molecular flexibility index (Phi) is 6.11. The van der Waals surface area contributed by atoms with E-state index in [-0.39, 0.29) is 28.2 Å². The molecule has 0 bridgehead atoms. The highest BCUT2D eigenvalue weighted by molar-refractivity contribution is 7.91. The fourth-order valence-corrected chi connectivity index (χ4v) is 4.65. The maximum Gasteiger partial charge on any atom is 0.262 e. The highest BCUT2D eigenvalue weighted by Gasteiger charge is 2.42. The van der Waals surface area contributed by atoms with Crippen molar-refractivity contribution in [1.82, 2.24) is 4.90 Å². The van der Waals surface area contributed by atoms with Crippen LogP contribution < -0.4 is 5.32 Å². The lowest BCUT2D eigenvalue weighted by Gasteiger charge is -2.25. The molecule has 3 amide bonds. The SMILES string of the molecule is CCS(=O)(=O)c1ccc(NC(=O)C(Cc2ccccc2)N2C(=O)c3ccccc3C2=O)cc1. The van der Waals surface area contributed by atoms with Crippen molar-refractivity contribution in [1.29, 1.82) is 0 Å². The zero-order valence-electron chi connectivity index (χ0n) is 17.9. The van der Waals surface area contributed by atoms with Crippen LogP contribution in [-0.4, -0.2) is 42.8 Å². The molecule has 3 aromatic carbocycles. The lowest BCUT2D eigenvalue weighted by atomic mass is 10.0. The summed E-state index contributed by atoms with van der Waals surface area (Å²) in [6, 6.07) is 20.3. The number of carbonyl (C=O) groups excluding carboxylic acids is 3. The Hall–Kier alpha value is -3.78. The van der Waals surface area contributed by atoms with Gasteiger partial charge in [-0.15, -0.1) is 0 Å². The minimum absolute atomic E-state index is 0.0302. The number of amides is 3. The van der Waals surface area contributed by atoms with Crippen molar-refractivity contribution >= 4 is 33.2 Å². The first-order chi connectivity index (χ1) is 15.8. The van der Waals surface area contributed by atoms with Gasteiger partial charge in [0.05, 0.1) is 21.8 Å². The number of fused-ring (bicyclic) bond motifs is 1. The van der Waals surface area contributed by atoms with Gasteiger partial charge in [0.2, 0.25) is 5.91 Å². The summed E-state index contributed by atoms with van der Waals surface area (Å²) in [4.78, 5) is 40.6. The van der Waals surface area contributed by atoms with E-state index in [4.69, 9.17) is 0 Å². The summed E-state index contributed by atoms with van der Waals surface area (Å²) in [7, 11) is -3.37. The number of benzene rings is 3. The lowest BCUT2D eigenvalue weighted by Crippen LogP contribution is -2.48. The molecule has 3 aromatic rings. The van der Waals surface area contributed by atoms with Crippen molar-refractivity contribution < 1.29 is 22.8 Å². The van der Waals surface area contributed by atoms with Crippen LogP contribution in [0.4, 0.5) is 5.69 Å². The van der Waals surface area contributed by atoms with E-state index in [9.17, 15) is 22.8 Å².